The molecule has 0 unspecified atom stereocenters. The summed E-state index contributed by atoms with van der Waals surface area (Å²) in [6.45, 7) is 5.28. The Balaban J connectivity index is 2.16. The molecule has 20 heavy (non-hydrogen) atoms. The molecule has 1 saturated heterocycles. The molecule has 1 heterocycles. The first-order valence-corrected chi connectivity index (χ1v) is 7.86. The Morgan fingerprint density at radius 2 is 1.70 bits per heavy atom. The van der Waals surface area contributed by atoms with E-state index in [0.29, 0.717) is 26.2 Å². The quantitative estimate of drug-likeness (QED) is 0.610. The highest BCUT2D eigenvalue weighted by Gasteiger charge is 2.28. The molecule has 0 saturated carbocycles. The Morgan fingerprint density at radius 1 is 1.15 bits per heavy atom. The van der Waals surface area contributed by atoms with E-state index in [9.17, 15) is 18.5 Å². The van der Waals surface area contributed by atoms with Gasteiger partial charge in [0.2, 0.25) is 10.0 Å². The van der Waals surface area contributed by atoms with Gasteiger partial charge in [0.15, 0.2) is 0 Å². The molecule has 1 aromatic rings. The third-order valence-electron chi connectivity index (χ3n) is 3.46. The van der Waals surface area contributed by atoms with E-state index < -0.39 is 14.9 Å². The molecule has 8 heteroatoms. The van der Waals surface area contributed by atoms with Gasteiger partial charge in [0.25, 0.3) is 5.69 Å². The SMILES string of the molecule is CCN1CCN(S(=O)(=O)c2ccc([N+](=O)[O-])cc2)CC1. The Kier molecular flexibility index (Phi) is 4.36. The lowest BCUT2D eigenvalue weighted by Gasteiger charge is -2.33. The monoisotopic (exact) mass is 299 g/mol. The Morgan fingerprint density at radius 3 is 2.15 bits per heavy atom. The maximum Gasteiger partial charge on any atom is 0.269 e. The summed E-state index contributed by atoms with van der Waals surface area (Å²) >= 11 is 0. The molecule has 7 nitrogen and oxygen atoms in total. The summed E-state index contributed by atoms with van der Waals surface area (Å²) in [5, 5.41) is 10.6. The lowest BCUT2D eigenvalue weighted by atomic mass is 10.3. The molecule has 0 radical (unpaired) electrons. The van der Waals surface area contributed by atoms with Crippen molar-refractivity contribution in [1.29, 1.82) is 0 Å². The minimum Gasteiger partial charge on any atom is -0.301 e. The van der Waals surface area contributed by atoms with Crippen molar-refractivity contribution in [3.8, 4) is 0 Å². The van der Waals surface area contributed by atoms with Gasteiger partial charge < -0.3 is 4.90 Å². The average Bonchev–Trinajstić information content (AvgIpc) is 2.47. The Hall–Kier alpha value is -1.51. The van der Waals surface area contributed by atoms with Gasteiger partial charge in [-0.1, -0.05) is 6.92 Å². The van der Waals surface area contributed by atoms with Gasteiger partial charge in [0.05, 0.1) is 9.82 Å². The van der Waals surface area contributed by atoms with Crippen LogP contribution < -0.4 is 0 Å². The number of piperazine rings is 1. The predicted molar refractivity (Wildman–Crippen MR) is 74.0 cm³/mol. The highest BCUT2D eigenvalue weighted by molar-refractivity contribution is 7.89. The second kappa shape index (κ2) is 5.86. The van der Waals surface area contributed by atoms with Gasteiger partial charge in [-0.25, -0.2) is 8.42 Å². The molecule has 1 fully saturated rings. The predicted octanol–water partition coefficient (Wildman–Crippen LogP) is 0.921. The fourth-order valence-corrected chi connectivity index (χ4v) is 3.60. The van der Waals surface area contributed by atoms with Crippen LogP contribution in [0.1, 0.15) is 6.92 Å². The van der Waals surface area contributed by atoms with Gasteiger partial charge in [-0.15, -0.1) is 0 Å². The molecule has 0 aromatic heterocycles. The Bertz CT molecular complexity index is 577. The van der Waals surface area contributed by atoms with E-state index in [4.69, 9.17) is 0 Å². The number of likely N-dealkylation sites (N-methyl/N-ethyl adjacent to an activating group) is 1. The van der Waals surface area contributed by atoms with Crippen molar-refractivity contribution in [3.63, 3.8) is 0 Å². The van der Waals surface area contributed by atoms with E-state index in [1.54, 1.807) is 0 Å². The molecule has 0 atom stereocenters. The molecule has 0 spiro atoms. The van der Waals surface area contributed by atoms with Crippen LogP contribution in [-0.4, -0.2) is 55.3 Å². The van der Waals surface area contributed by atoms with Crippen LogP contribution in [0.4, 0.5) is 5.69 Å². The molecule has 0 amide bonds. The van der Waals surface area contributed by atoms with Crippen molar-refractivity contribution in [2.75, 3.05) is 32.7 Å². The van der Waals surface area contributed by atoms with Crippen LogP contribution in [0.2, 0.25) is 0 Å². The number of nitro benzene ring substituents is 1. The fraction of sp³-hybridized carbons (Fsp3) is 0.500. The standard InChI is InChI=1S/C12H17N3O4S/c1-2-13-7-9-14(10-8-13)20(18,19)12-5-3-11(4-6-12)15(16)17/h3-6H,2,7-10H2,1H3. The summed E-state index contributed by atoms with van der Waals surface area (Å²) in [5.74, 6) is 0. The number of nitro groups is 1. The summed E-state index contributed by atoms with van der Waals surface area (Å²) in [5.41, 5.74) is -0.111. The number of non-ortho nitro benzene ring substituents is 1. The molecule has 1 aliphatic heterocycles. The van der Waals surface area contributed by atoms with Gasteiger partial charge in [-0.3, -0.25) is 10.1 Å². The first kappa shape index (κ1) is 14.9. The molecule has 1 aliphatic rings. The second-order valence-corrected chi connectivity index (χ2v) is 6.53. The van der Waals surface area contributed by atoms with Crippen LogP contribution in [0.5, 0.6) is 0 Å². The molecule has 0 N–H and O–H groups in total. The number of sulfonamides is 1. The minimum absolute atomic E-state index is 0.105. The normalized spacial score (nSPS) is 18.1. The molecule has 2 rings (SSSR count). The molecule has 0 aliphatic carbocycles. The topological polar surface area (TPSA) is 83.8 Å². The van der Waals surface area contributed by atoms with Gasteiger partial charge in [0, 0.05) is 38.3 Å². The van der Waals surface area contributed by atoms with Crippen LogP contribution >= 0.6 is 0 Å². The van der Waals surface area contributed by atoms with Crippen LogP contribution in [0.25, 0.3) is 0 Å². The smallest absolute Gasteiger partial charge is 0.269 e. The first-order valence-electron chi connectivity index (χ1n) is 6.42. The van der Waals surface area contributed by atoms with Gasteiger partial charge in [-0.05, 0) is 18.7 Å². The van der Waals surface area contributed by atoms with E-state index in [-0.39, 0.29) is 10.6 Å². The molecular formula is C12H17N3O4S. The number of hydrogen-bond donors (Lipinski definition) is 0. The molecule has 0 bridgehead atoms. The van der Waals surface area contributed by atoms with E-state index in [2.05, 4.69) is 4.90 Å². The number of hydrogen-bond acceptors (Lipinski definition) is 5. The highest BCUT2D eigenvalue weighted by Crippen LogP contribution is 2.20. The summed E-state index contributed by atoms with van der Waals surface area (Å²) in [6.07, 6.45) is 0. The van der Waals surface area contributed by atoms with E-state index in [1.165, 1.54) is 28.6 Å². The molecular weight excluding hydrogens is 282 g/mol. The zero-order valence-corrected chi connectivity index (χ0v) is 12.0. The lowest BCUT2D eigenvalue weighted by Crippen LogP contribution is -2.48. The number of benzene rings is 1. The minimum atomic E-state index is -3.55. The maximum atomic E-state index is 12.4. The fourth-order valence-electron chi connectivity index (χ4n) is 2.18. The van der Waals surface area contributed by atoms with Crippen molar-refractivity contribution in [2.45, 2.75) is 11.8 Å². The largest absolute Gasteiger partial charge is 0.301 e. The van der Waals surface area contributed by atoms with Crippen LogP contribution in [0.3, 0.4) is 0 Å². The summed E-state index contributed by atoms with van der Waals surface area (Å²) in [7, 11) is -3.55. The van der Waals surface area contributed by atoms with Crippen LogP contribution in [0, 0.1) is 10.1 Å². The third-order valence-corrected chi connectivity index (χ3v) is 5.38. The summed E-state index contributed by atoms with van der Waals surface area (Å²) in [6, 6.07) is 5.02. The van der Waals surface area contributed by atoms with Gasteiger partial charge in [0.1, 0.15) is 0 Å². The zero-order chi connectivity index (χ0) is 14.8. The Labute approximate surface area is 118 Å². The summed E-state index contributed by atoms with van der Waals surface area (Å²) in [4.78, 5) is 12.3. The number of rotatable bonds is 4. The second-order valence-electron chi connectivity index (χ2n) is 4.59. The van der Waals surface area contributed by atoms with Crippen molar-refractivity contribution >= 4 is 15.7 Å². The van der Waals surface area contributed by atoms with Crippen LogP contribution in [-0.2, 0) is 10.0 Å². The van der Waals surface area contributed by atoms with Gasteiger partial charge >= 0.3 is 0 Å². The third kappa shape index (κ3) is 2.97. The zero-order valence-electron chi connectivity index (χ0n) is 11.2. The summed E-state index contributed by atoms with van der Waals surface area (Å²) < 4.78 is 26.2. The van der Waals surface area contributed by atoms with Crippen molar-refractivity contribution in [3.05, 3.63) is 34.4 Å². The highest BCUT2D eigenvalue weighted by atomic mass is 32.2. The van der Waals surface area contributed by atoms with Crippen molar-refractivity contribution in [1.82, 2.24) is 9.21 Å². The lowest BCUT2D eigenvalue weighted by molar-refractivity contribution is -0.384. The average molecular weight is 299 g/mol. The molecule has 1 aromatic carbocycles. The van der Waals surface area contributed by atoms with E-state index in [1.807, 2.05) is 6.92 Å². The van der Waals surface area contributed by atoms with Crippen molar-refractivity contribution in [2.24, 2.45) is 0 Å². The van der Waals surface area contributed by atoms with E-state index in [0.717, 1.165) is 6.54 Å². The van der Waals surface area contributed by atoms with Crippen molar-refractivity contribution < 1.29 is 13.3 Å². The van der Waals surface area contributed by atoms with Crippen LogP contribution in [0.15, 0.2) is 29.2 Å². The molecule has 110 valence electrons. The number of nitrogens with zero attached hydrogens (tertiary/aromatic N) is 3. The maximum absolute atomic E-state index is 12.4. The first-order chi connectivity index (χ1) is 9.45. The van der Waals surface area contributed by atoms with Gasteiger partial charge in [-0.2, -0.15) is 4.31 Å². The van der Waals surface area contributed by atoms with E-state index >= 15 is 0 Å².